The average molecular weight is 319 g/mol. The number of rotatable bonds is 8. The van der Waals surface area contributed by atoms with Crippen LogP contribution in [0.15, 0.2) is 35.6 Å². The van der Waals surface area contributed by atoms with E-state index in [-0.39, 0.29) is 5.92 Å². The zero-order valence-electron chi connectivity index (χ0n) is 15.3. The number of aryl methyl sites for hydroxylation is 1. The van der Waals surface area contributed by atoms with Crippen LogP contribution >= 0.6 is 0 Å². The lowest BCUT2D eigenvalue weighted by Gasteiger charge is -2.20. The van der Waals surface area contributed by atoms with Crippen LogP contribution in [0.5, 0.6) is 5.75 Å². The molecule has 0 bridgehead atoms. The highest BCUT2D eigenvalue weighted by Crippen LogP contribution is 2.32. The van der Waals surface area contributed by atoms with Gasteiger partial charge >= 0.3 is 0 Å². The van der Waals surface area contributed by atoms with Crippen molar-refractivity contribution in [3.05, 3.63) is 41.6 Å². The van der Waals surface area contributed by atoms with E-state index in [4.69, 9.17) is 16.3 Å². The molecule has 0 fully saturated rings. The molecule has 0 saturated heterocycles. The van der Waals surface area contributed by atoms with E-state index in [0.717, 1.165) is 29.9 Å². The molecule has 4 heteroatoms. The van der Waals surface area contributed by atoms with Crippen LogP contribution in [0.2, 0.25) is 0 Å². The Hall–Kier alpha value is -1.97. The van der Waals surface area contributed by atoms with Gasteiger partial charge in [-0.3, -0.25) is 0 Å². The summed E-state index contributed by atoms with van der Waals surface area (Å²) >= 11 is 0. The predicted octanol–water partition coefficient (Wildman–Crippen LogP) is 4.48. The number of hydrogen-bond donors (Lipinski definition) is 2. The van der Waals surface area contributed by atoms with Crippen molar-refractivity contribution in [1.29, 1.82) is 0 Å². The molecule has 0 aliphatic carbocycles. The summed E-state index contributed by atoms with van der Waals surface area (Å²) in [5.74, 6) is 6.55. The molecular formula is C19H33N3O. The molecule has 1 rings (SSSR count). The van der Waals surface area contributed by atoms with E-state index in [1.54, 1.807) is 13.2 Å². The highest BCUT2D eigenvalue weighted by Gasteiger charge is 2.20. The second-order valence-corrected chi connectivity index (χ2v) is 5.21. The van der Waals surface area contributed by atoms with Crippen LogP contribution in [0.1, 0.15) is 63.5 Å². The quantitative estimate of drug-likeness (QED) is 0.321. The summed E-state index contributed by atoms with van der Waals surface area (Å²) in [5, 5.41) is 3.93. The molecule has 0 amide bonds. The van der Waals surface area contributed by atoms with Crippen LogP contribution in [-0.2, 0) is 0 Å². The molecule has 0 aliphatic rings. The van der Waals surface area contributed by atoms with Crippen molar-refractivity contribution in [1.82, 2.24) is 0 Å². The molecule has 1 aromatic carbocycles. The summed E-state index contributed by atoms with van der Waals surface area (Å²) in [7, 11) is 1.69. The Kier molecular flexibility index (Phi) is 11.5. The first-order chi connectivity index (χ1) is 11.2. The second kappa shape index (κ2) is 12.6. The third-order valence-corrected chi connectivity index (χ3v) is 3.63. The zero-order chi connectivity index (χ0) is 17.7. The van der Waals surface area contributed by atoms with Gasteiger partial charge in [0.1, 0.15) is 5.75 Å². The van der Waals surface area contributed by atoms with Gasteiger partial charge in [-0.1, -0.05) is 52.2 Å². The van der Waals surface area contributed by atoms with Gasteiger partial charge < -0.3 is 16.3 Å². The van der Waals surface area contributed by atoms with E-state index in [2.05, 4.69) is 31.1 Å². The van der Waals surface area contributed by atoms with Crippen molar-refractivity contribution < 1.29 is 4.74 Å². The van der Waals surface area contributed by atoms with Crippen molar-refractivity contribution in [3.63, 3.8) is 0 Å². The predicted molar refractivity (Wildman–Crippen MR) is 101 cm³/mol. The maximum Gasteiger partial charge on any atom is 0.122 e. The SMILES string of the molecule is CC.CCCCCC(C(/C=C/N)=N/N)c1ccc(C)cc1OC. The van der Waals surface area contributed by atoms with Gasteiger partial charge in [0.2, 0.25) is 0 Å². The monoisotopic (exact) mass is 319 g/mol. The summed E-state index contributed by atoms with van der Waals surface area (Å²) < 4.78 is 5.54. The lowest BCUT2D eigenvalue weighted by atomic mass is 9.87. The summed E-state index contributed by atoms with van der Waals surface area (Å²) in [6.07, 6.45) is 7.73. The number of methoxy groups -OCH3 is 1. The fourth-order valence-corrected chi connectivity index (χ4v) is 2.52. The highest BCUT2D eigenvalue weighted by molar-refractivity contribution is 6.00. The van der Waals surface area contributed by atoms with Crippen molar-refractivity contribution in [3.8, 4) is 5.75 Å². The molecule has 1 atom stereocenters. The Morgan fingerprint density at radius 2 is 2.00 bits per heavy atom. The lowest BCUT2D eigenvalue weighted by molar-refractivity contribution is 0.407. The van der Waals surface area contributed by atoms with Gasteiger partial charge in [-0.25, -0.2) is 0 Å². The van der Waals surface area contributed by atoms with E-state index in [1.807, 2.05) is 19.9 Å². The normalized spacial score (nSPS) is 12.7. The zero-order valence-corrected chi connectivity index (χ0v) is 15.3. The number of nitrogens with two attached hydrogens (primary N) is 2. The maximum atomic E-state index is 5.56. The van der Waals surface area contributed by atoms with Gasteiger partial charge in [0.15, 0.2) is 0 Å². The van der Waals surface area contributed by atoms with Crippen LogP contribution in [0.4, 0.5) is 0 Å². The van der Waals surface area contributed by atoms with Crippen LogP contribution < -0.4 is 16.3 Å². The molecule has 23 heavy (non-hydrogen) atoms. The van der Waals surface area contributed by atoms with Gasteiger partial charge in [-0.15, -0.1) is 0 Å². The maximum absolute atomic E-state index is 5.56. The Bertz CT molecular complexity index is 495. The molecule has 0 spiro atoms. The number of hydrazone groups is 1. The molecule has 1 unspecified atom stereocenters. The van der Waals surface area contributed by atoms with Crippen LogP contribution in [0, 0.1) is 6.92 Å². The number of nitrogens with zero attached hydrogens (tertiary/aromatic N) is 1. The average Bonchev–Trinajstić information content (AvgIpc) is 2.59. The number of allylic oxidation sites excluding steroid dienone is 1. The molecule has 0 radical (unpaired) electrons. The second-order valence-electron chi connectivity index (χ2n) is 5.21. The molecule has 0 aliphatic heterocycles. The smallest absolute Gasteiger partial charge is 0.122 e. The Labute approximate surface area is 141 Å². The molecule has 0 saturated carbocycles. The Balaban J connectivity index is 0.00000232. The van der Waals surface area contributed by atoms with Gasteiger partial charge in [0, 0.05) is 11.5 Å². The summed E-state index contributed by atoms with van der Waals surface area (Å²) in [4.78, 5) is 0. The van der Waals surface area contributed by atoms with E-state index < -0.39 is 0 Å². The minimum atomic E-state index is 0.108. The first kappa shape index (κ1) is 21.0. The standard InChI is InChI=1S/C17H27N3O.C2H6/c1-4-5-6-7-14(16(20-19)10-11-18)15-9-8-13(2)12-17(15)21-3;1-2/h8-12,14H,4-7,18-19H2,1-3H3;1-2H3/b11-10+,20-16+;. The Morgan fingerprint density at radius 1 is 1.30 bits per heavy atom. The van der Waals surface area contributed by atoms with Crippen LogP contribution in [-0.4, -0.2) is 12.8 Å². The third kappa shape index (κ3) is 6.76. The minimum Gasteiger partial charge on any atom is -0.496 e. The largest absolute Gasteiger partial charge is 0.496 e. The van der Waals surface area contributed by atoms with Crippen molar-refractivity contribution >= 4 is 5.71 Å². The molecule has 0 aromatic heterocycles. The lowest BCUT2D eigenvalue weighted by Crippen LogP contribution is -2.14. The molecule has 0 heterocycles. The highest BCUT2D eigenvalue weighted by atomic mass is 16.5. The fourth-order valence-electron chi connectivity index (χ4n) is 2.52. The van der Waals surface area contributed by atoms with Gasteiger partial charge in [0.05, 0.1) is 12.8 Å². The third-order valence-electron chi connectivity index (χ3n) is 3.63. The minimum absolute atomic E-state index is 0.108. The fraction of sp³-hybridized carbons (Fsp3) is 0.526. The molecule has 1 aromatic rings. The number of benzene rings is 1. The topological polar surface area (TPSA) is 73.6 Å². The molecular weight excluding hydrogens is 286 g/mol. The summed E-state index contributed by atoms with van der Waals surface area (Å²) in [6, 6.07) is 6.23. The van der Waals surface area contributed by atoms with E-state index in [0.29, 0.717) is 0 Å². The molecule has 4 N–H and O–H groups in total. The first-order valence-corrected chi connectivity index (χ1v) is 8.48. The number of unbranched alkanes of at least 4 members (excludes halogenated alkanes) is 2. The van der Waals surface area contributed by atoms with Gasteiger partial charge in [-0.2, -0.15) is 5.10 Å². The van der Waals surface area contributed by atoms with Crippen molar-refractivity contribution in [2.75, 3.05) is 7.11 Å². The van der Waals surface area contributed by atoms with E-state index in [1.165, 1.54) is 24.6 Å². The number of ether oxygens (including phenoxy) is 1. The van der Waals surface area contributed by atoms with Gasteiger partial charge in [-0.05, 0) is 37.3 Å². The summed E-state index contributed by atoms with van der Waals surface area (Å²) in [6.45, 7) is 8.25. The van der Waals surface area contributed by atoms with Crippen molar-refractivity contribution in [2.45, 2.75) is 59.3 Å². The number of hydrogen-bond acceptors (Lipinski definition) is 4. The Morgan fingerprint density at radius 3 is 2.52 bits per heavy atom. The van der Waals surface area contributed by atoms with Gasteiger partial charge in [0.25, 0.3) is 0 Å². The summed E-state index contributed by atoms with van der Waals surface area (Å²) in [5.41, 5.74) is 8.59. The van der Waals surface area contributed by atoms with Crippen molar-refractivity contribution in [2.24, 2.45) is 16.7 Å². The van der Waals surface area contributed by atoms with Crippen LogP contribution in [0.25, 0.3) is 0 Å². The molecule has 130 valence electrons. The molecule has 4 nitrogen and oxygen atoms in total. The first-order valence-electron chi connectivity index (χ1n) is 8.48. The van der Waals surface area contributed by atoms with Crippen LogP contribution in [0.3, 0.4) is 0 Å². The van der Waals surface area contributed by atoms with E-state index in [9.17, 15) is 0 Å². The van der Waals surface area contributed by atoms with E-state index >= 15 is 0 Å².